The van der Waals surface area contributed by atoms with Crippen LogP contribution in [0.3, 0.4) is 0 Å². The molecule has 1 aromatic carbocycles. The molecule has 0 unspecified atom stereocenters. The minimum Gasteiger partial charge on any atom is -0.462 e. The first kappa shape index (κ1) is 23.5. The van der Waals surface area contributed by atoms with E-state index in [-0.39, 0.29) is 35.1 Å². The number of nitrogens with zero attached hydrogens (tertiary/aromatic N) is 1. The number of aromatic nitrogens is 1. The highest BCUT2D eigenvalue weighted by atomic mass is 32.1. The number of amides is 1. The maximum Gasteiger partial charge on any atom is 0.341 e. The summed E-state index contributed by atoms with van der Waals surface area (Å²) in [5.41, 5.74) is 4.67. The molecule has 0 saturated carbocycles. The molecule has 9 nitrogen and oxygen atoms in total. The minimum absolute atomic E-state index is 0.0667. The number of ether oxygens (including phenoxy) is 1. The van der Waals surface area contributed by atoms with E-state index in [1.807, 2.05) is 5.32 Å². The van der Waals surface area contributed by atoms with E-state index in [2.05, 4.69) is 10.3 Å². The monoisotopic (exact) mass is 497 g/mol. The van der Waals surface area contributed by atoms with Gasteiger partial charge in [-0.15, -0.1) is 11.3 Å². The third kappa shape index (κ3) is 4.55. The molecule has 3 aromatic rings. The lowest BCUT2D eigenvalue weighted by atomic mass is 9.91. The Kier molecular flexibility index (Phi) is 6.57. The molecule has 35 heavy (non-hydrogen) atoms. The number of esters is 1. The van der Waals surface area contributed by atoms with Crippen molar-refractivity contribution in [1.29, 1.82) is 0 Å². The van der Waals surface area contributed by atoms with Crippen molar-refractivity contribution in [2.24, 2.45) is 0 Å². The first-order valence-corrected chi connectivity index (χ1v) is 13.0. The molecule has 1 atom stereocenters. The van der Waals surface area contributed by atoms with Gasteiger partial charge in [0.15, 0.2) is 6.54 Å². The van der Waals surface area contributed by atoms with E-state index in [9.17, 15) is 19.7 Å². The van der Waals surface area contributed by atoms with Crippen molar-refractivity contribution in [2.45, 2.75) is 57.9 Å². The summed E-state index contributed by atoms with van der Waals surface area (Å²) in [6, 6.07) is 4.97. The van der Waals surface area contributed by atoms with Gasteiger partial charge in [0.1, 0.15) is 11.0 Å². The Labute approximate surface area is 206 Å². The summed E-state index contributed by atoms with van der Waals surface area (Å²) in [6.07, 6.45) is 6.62. The first-order chi connectivity index (χ1) is 17.0. The number of hydrogen-bond donors (Lipinski definition) is 3. The lowest BCUT2D eigenvalue weighted by Gasteiger charge is -2.20. The van der Waals surface area contributed by atoms with Gasteiger partial charge < -0.3 is 20.4 Å². The highest BCUT2D eigenvalue weighted by Gasteiger charge is 2.30. The highest BCUT2D eigenvalue weighted by Crippen LogP contribution is 2.39. The summed E-state index contributed by atoms with van der Waals surface area (Å²) in [6.45, 7) is 2.29. The van der Waals surface area contributed by atoms with Gasteiger partial charge in [0.2, 0.25) is 0 Å². The summed E-state index contributed by atoms with van der Waals surface area (Å²) in [7, 11) is 0. The van der Waals surface area contributed by atoms with Gasteiger partial charge in [-0.05, 0) is 62.6 Å². The second-order valence-electron chi connectivity index (χ2n) is 9.13. The average molecular weight is 498 g/mol. The van der Waals surface area contributed by atoms with E-state index >= 15 is 0 Å². The quantitative estimate of drug-likeness (QED) is 0.260. The summed E-state index contributed by atoms with van der Waals surface area (Å²) < 4.78 is 5.28. The average Bonchev–Trinajstić information content (AvgIpc) is 3.40. The van der Waals surface area contributed by atoms with Gasteiger partial charge in [0.25, 0.3) is 11.6 Å². The maximum atomic E-state index is 12.9. The fraction of sp³-hybridized carbons (Fsp3) is 0.440. The van der Waals surface area contributed by atoms with E-state index in [0.717, 1.165) is 72.7 Å². The molecule has 10 heteroatoms. The number of benzene rings is 1. The summed E-state index contributed by atoms with van der Waals surface area (Å²) in [5.74, 6) is -0.525. The van der Waals surface area contributed by atoms with Crippen LogP contribution < -0.4 is 10.6 Å². The zero-order chi connectivity index (χ0) is 24.5. The third-order valence-electron chi connectivity index (χ3n) is 6.94. The van der Waals surface area contributed by atoms with Crippen molar-refractivity contribution in [3.05, 3.63) is 55.6 Å². The Morgan fingerprint density at radius 1 is 1.23 bits per heavy atom. The number of H-pyrrole nitrogens is 1. The van der Waals surface area contributed by atoms with Gasteiger partial charge in [0, 0.05) is 34.3 Å². The largest absolute Gasteiger partial charge is 0.462 e. The maximum absolute atomic E-state index is 12.9. The number of non-ortho nitro benzene ring substituents is 1. The molecule has 4 N–H and O–H groups in total. The first-order valence-electron chi connectivity index (χ1n) is 12.2. The minimum atomic E-state index is -0.372. The van der Waals surface area contributed by atoms with Crippen molar-refractivity contribution in [3.8, 4) is 0 Å². The Hall–Kier alpha value is -3.24. The summed E-state index contributed by atoms with van der Waals surface area (Å²) in [4.78, 5) is 41.0. The van der Waals surface area contributed by atoms with Gasteiger partial charge in [0.05, 0.1) is 22.8 Å². The van der Waals surface area contributed by atoms with Crippen LogP contribution in [-0.4, -0.2) is 34.9 Å². The summed E-state index contributed by atoms with van der Waals surface area (Å²) >= 11 is 1.49. The van der Waals surface area contributed by atoms with Crippen LogP contribution in [0.15, 0.2) is 18.2 Å². The van der Waals surface area contributed by atoms with E-state index in [1.165, 1.54) is 22.3 Å². The van der Waals surface area contributed by atoms with Crippen molar-refractivity contribution >= 4 is 44.8 Å². The molecule has 1 amide bonds. The number of nitro benzene ring substituents is 1. The standard InChI is InChI=1S/C25H28N4O5S/c1-2-34-25(31)22-16-6-3-4-9-20(16)35-24(22)28-21(30)13-26-19-8-5-7-15-17-12-14(29(32)33)10-11-18(17)27-23(15)19/h10-12,19,26-27H,2-9,13H2,1H3,(H,28,30)/p+1/t19-/m0/s1. The Bertz CT molecular complexity index is 1310. The molecule has 0 spiro atoms. The second kappa shape index (κ2) is 9.79. The van der Waals surface area contributed by atoms with E-state index < -0.39 is 0 Å². The van der Waals surface area contributed by atoms with Crippen LogP contribution in [0.2, 0.25) is 0 Å². The van der Waals surface area contributed by atoms with Crippen molar-refractivity contribution in [3.63, 3.8) is 0 Å². The fourth-order valence-electron chi connectivity index (χ4n) is 5.33. The number of thiophene rings is 1. The Morgan fingerprint density at radius 3 is 2.83 bits per heavy atom. The van der Waals surface area contributed by atoms with Crippen LogP contribution in [-0.2, 0) is 28.8 Å². The molecule has 2 aliphatic carbocycles. The number of nitrogens with two attached hydrogens (primary N) is 1. The fourth-order valence-corrected chi connectivity index (χ4v) is 6.63. The number of quaternary nitrogens is 1. The van der Waals surface area contributed by atoms with Gasteiger partial charge in [-0.3, -0.25) is 14.9 Å². The number of nitrogens with one attached hydrogen (secondary N) is 2. The smallest absolute Gasteiger partial charge is 0.341 e. The predicted octanol–water partition coefficient (Wildman–Crippen LogP) is 3.77. The molecule has 0 saturated heterocycles. The van der Waals surface area contributed by atoms with Crippen molar-refractivity contribution in [1.82, 2.24) is 4.98 Å². The van der Waals surface area contributed by atoms with Crippen LogP contribution in [0.4, 0.5) is 10.7 Å². The van der Waals surface area contributed by atoms with Crippen LogP contribution in [0, 0.1) is 10.1 Å². The van der Waals surface area contributed by atoms with E-state index in [1.54, 1.807) is 19.1 Å². The van der Waals surface area contributed by atoms with Crippen LogP contribution in [0.25, 0.3) is 10.9 Å². The van der Waals surface area contributed by atoms with Gasteiger partial charge in [-0.2, -0.15) is 0 Å². The van der Waals surface area contributed by atoms with E-state index in [0.29, 0.717) is 17.2 Å². The van der Waals surface area contributed by atoms with Crippen molar-refractivity contribution < 1.29 is 24.6 Å². The highest BCUT2D eigenvalue weighted by molar-refractivity contribution is 7.17. The number of hydrogen-bond acceptors (Lipinski definition) is 6. The molecule has 5 rings (SSSR count). The van der Waals surface area contributed by atoms with Crippen LogP contribution >= 0.6 is 11.3 Å². The molecule has 2 aromatic heterocycles. The number of carbonyl (C=O) groups is 2. The lowest BCUT2D eigenvalue weighted by Crippen LogP contribution is -2.87. The number of rotatable bonds is 7. The van der Waals surface area contributed by atoms with E-state index in [4.69, 9.17) is 4.74 Å². The number of carbonyl (C=O) groups excluding carboxylic acids is 2. The van der Waals surface area contributed by atoms with Gasteiger partial charge >= 0.3 is 5.97 Å². The summed E-state index contributed by atoms with van der Waals surface area (Å²) in [5, 5.41) is 17.7. The topological polar surface area (TPSA) is 131 Å². The van der Waals surface area contributed by atoms with Gasteiger partial charge in [-0.25, -0.2) is 4.79 Å². The molecule has 184 valence electrons. The van der Waals surface area contributed by atoms with Gasteiger partial charge in [-0.1, -0.05) is 0 Å². The van der Waals surface area contributed by atoms with Crippen molar-refractivity contribution in [2.75, 3.05) is 18.5 Å². The molecular weight excluding hydrogens is 468 g/mol. The third-order valence-corrected chi connectivity index (χ3v) is 8.15. The zero-order valence-corrected chi connectivity index (χ0v) is 20.5. The SMILES string of the molecule is CCOC(=O)c1c(NC(=O)C[NH2+][C@H]2CCCc3c2[nH]c2ccc([N+](=O)[O-])cc32)sc2c1CCCC2. The number of anilines is 1. The number of aryl methyl sites for hydroxylation is 2. The Morgan fingerprint density at radius 2 is 2.03 bits per heavy atom. The molecule has 2 aliphatic rings. The normalized spacial score (nSPS) is 17.0. The molecular formula is C25H29N4O5S+. The zero-order valence-electron chi connectivity index (χ0n) is 19.6. The second-order valence-corrected chi connectivity index (χ2v) is 10.2. The van der Waals surface area contributed by atoms with Crippen LogP contribution in [0.5, 0.6) is 0 Å². The van der Waals surface area contributed by atoms with Crippen LogP contribution in [0.1, 0.15) is 70.7 Å². The molecule has 2 heterocycles. The number of nitro groups is 1. The molecule has 0 fully saturated rings. The molecule has 0 aliphatic heterocycles. The Balaban J connectivity index is 1.31. The predicted molar refractivity (Wildman–Crippen MR) is 133 cm³/mol. The molecule has 0 bridgehead atoms. The molecule has 0 radical (unpaired) electrons. The lowest BCUT2D eigenvalue weighted by molar-refractivity contribution is -0.687. The number of fused-ring (bicyclic) bond motifs is 4. The number of aromatic amines is 1.